The average molecular weight is 239 g/mol. The number of carbonyl (C=O) groups is 1. The van der Waals surface area contributed by atoms with Crippen molar-refractivity contribution in [3.05, 3.63) is 47.4 Å². The van der Waals surface area contributed by atoms with Gasteiger partial charge in [-0.05, 0) is 37.6 Å². The maximum absolute atomic E-state index is 11.0. The summed E-state index contributed by atoms with van der Waals surface area (Å²) in [6.45, 7) is 4.06. The fourth-order valence-electron chi connectivity index (χ4n) is 2.24. The maximum atomic E-state index is 11.0. The highest BCUT2D eigenvalue weighted by Gasteiger charge is 2.11. The zero-order chi connectivity index (χ0) is 12.7. The minimum Gasteiger partial charge on any atom is -0.357 e. The summed E-state index contributed by atoms with van der Waals surface area (Å²) in [5, 5.41) is 0. The lowest BCUT2D eigenvalue weighted by molar-refractivity contribution is 0.112. The van der Waals surface area contributed by atoms with Gasteiger partial charge in [-0.15, -0.1) is 0 Å². The van der Waals surface area contributed by atoms with E-state index >= 15 is 0 Å². The van der Waals surface area contributed by atoms with Crippen LogP contribution < -0.4 is 0 Å². The van der Waals surface area contributed by atoms with Gasteiger partial charge in [-0.2, -0.15) is 0 Å². The topological polar surface area (TPSA) is 50.2 Å². The molecule has 1 N–H and O–H groups in total. The first kappa shape index (κ1) is 10.8. The summed E-state index contributed by atoms with van der Waals surface area (Å²) < 4.78 is 1.87. The number of hydrogen-bond acceptors (Lipinski definition) is 2. The Kier molecular flexibility index (Phi) is 2.30. The molecule has 3 heterocycles. The molecule has 0 radical (unpaired) electrons. The largest absolute Gasteiger partial charge is 0.357 e. The molecule has 0 unspecified atom stereocenters. The number of aldehydes is 1. The molecule has 4 heteroatoms. The molecule has 3 aromatic rings. The number of carbonyl (C=O) groups excluding carboxylic acids is 1. The molecule has 0 atom stereocenters. The molecule has 0 saturated carbocycles. The van der Waals surface area contributed by atoms with Crippen molar-refractivity contribution in [2.75, 3.05) is 0 Å². The second-order valence-corrected chi connectivity index (χ2v) is 4.45. The fraction of sp³-hybridized carbons (Fsp3) is 0.143. The number of rotatable bonds is 2. The minimum atomic E-state index is 0.602. The zero-order valence-corrected chi connectivity index (χ0v) is 10.3. The van der Waals surface area contributed by atoms with Gasteiger partial charge in [-0.3, -0.25) is 4.79 Å². The normalized spacial score (nSPS) is 11.0. The quantitative estimate of drug-likeness (QED) is 0.699. The number of aromatic amines is 1. The monoisotopic (exact) mass is 239 g/mol. The first-order valence-corrected chi connectivity index (χ1v) is 5.78. The highest BCUT2D eigenvalue weighted by Crippen LogP contribution is 2.23. The van der Waals surface area contributed by atoms with E-state index in [0.717, 1.165) is 28.9 Å². The van der Waals surface area contributed by atoms with Crippen molar-refractivity contribution < 1.29 is 4.79 Å². The van der Waals surface area contributed by atoms with E-state index in [-0.39, 0.29) is 0 Å². The molecule has 0 aromatic carbocycles. The lowest BCUT2D eigenvalue weighted by atomic mass is 10.2. The van der Waals surface area contributed by atoms with E-state index < -0.39 is 0 Å². The second-order valence-electron chi connectivity index (χ2n) is 4.45. The van der Waals surface area contributed by atoms with Crippen LogP contribution in [0.5, 0.6) is 0 Å². The van der Waals surface area contributed by atoms with Crippen LogP contribution in [0.3, 0.4) is 0 Å². The number of hydrogen-bond donors (Lipinski definition) is 1. The molecule has 18 heavy (non-hydrogen) atoms. The summed E-state index contributed by atoms with van der Waals surface area (Å²) in [5.74, 6) is 0. The van der Waals surface area contributed by atoms with Gasteiger partial charge < -0.3 is 9.38 Å². The van der Waals surface area contributed by atoms with Gasteiger partial charge in [0.25, 0.3) is 0 Å². The number of aryl methyl sites for hydroxylation is 2. The number of H-pyrrole nitrogens is 1. The summed E-state index contributed by atoms with van der Waals surface area (Å²) >= 11 is 0. The summed E-state index contributed by atoms with van der Waals surface area (Å²) in [6.07, 6.45) is 4.66. The first-order valence-electron chi connectivity index (χ1n) is 5.78. The Morgan fingerprint density at radius 2 is 2.22 bits per heavy atom. The molecular weight excluding hydrogens is 226 g/mol. The fourth-order valence-corrected chi connectivity index (χ4v) is 2.24. The van der Waals surface area contributed by atoms with Crippen molar-refractivity contribution in [2.45, 2.75) is 13.8 Å². The SMILES string of the molecule is Cc1cc(C)c(-c2cn3cccc(C=O)c3n2)[nH]1. The van der Waals surface area contributed by atoms with Crippen LogP contribution in [0.25, 0.3) is 17.0 Å². The van der Waals surface area contributed by atoms with Gasteiger partial charge in [0, 0.05) is 18.1 Å². The Hall–Kier alpha value is -2.36. The summed E-state index contributed by atoms with van der Waals surface area (Å²) in [6, 6.07) is 5.70. The van der Waals surface area contributed by atoms with Gasteiger partial charge in [-0.1, -0.05) is 0 Å². The van der Waals surface area contributed by atoms with E-state index in [1.54, 1.807) is 6.07 Å². The standard InChI is InChI=1S/C14H13N3O/c1-9-6-10(2)15-13(9)12-7-17-5-3-4-11(8-18)14(17)16-12/h3-8,15H,1-2H3. The molecule has 0 fully saturated rings. The van der Waals surface area contributed by atoms with Crippen LogP contribution in [0.2, 0.25) is 0 Å². The minimum absolute atomic E-state index is 0.602. The molecule has 0 aliphatic rings. The Labute approximate surface area is 104 Å². The molecular formula is C14H13N3O. The van der Waals surface area contributed by atoms with Gasteiger partial charge in [0.15, 0.2) is 6.29 Å². The van der Waals surface area contributed by atoms with Gasteiger partial charge in [0.1, 0.15) is 11.3 Å². The van der Waals surface area contributed by atoms with Gasteiger partial charge in [0.2, 0.25) is 0 Å². The van der Waals surface area contributed by atoms with Gasteiger partial charge >= 0.3 is 0 Å². The summed E-state index contributed by atoms with van der Waals surface area (Å²) in [5.41, 5.74) is 5.42. The number of pyridine rings is 1. The van der Waals surface area contributed by atoms with E-state index in [2.05, 4.69) is 16.0 Å². The third-order valence-corrected chi connectivity index (χ3v) is 3.05. The predicted octanol–water partition coefficient (Wildman–Crippen LogP) is 2.76. The molecule has 0 spiro atoms. The van der Waals surface area contributed by atoms with Crippen LogP contribution in [-0.4, -0.2) is 20.7 Å². The number of fused-ring (bicyclic) bond motifs is 1. The average Bonchev–Trinajstić information content (AvgIpc) is 2.91. The molecule has 0 aliphatic carbocycles. The molecule has 0 bridgehead atoms. The molecule has 0 aliphatic heterocycles. The Morgan fingerprint density at radius 1 is 1.39 bits per heavy atom. The lowest BCUT2D eigenvalue weighted by Crippen LogP contribution is -1.88. The molecule has 3 rings (SSSR count). The molecule has 90 valence electrons. The van der Waals surface area contributed by atoms with Crippen LogP contribution in [0, 0.1) is 13.8 Å². The van der Waals surface area contributed by atoms with E-state index in [1.807, 2.05) is 36.7 Å². The Balaban J connectivity index is 2.25. The number of aromatic nitrogens is 3. The first-order chi connectivity index (χ1) is 8.69. The summed E-state index contributed by atoms with van der Waals surface area (Å²) in [7, 11) is 0. The van der Waals surface area contributed by atoms with Crippen LogP contribution >= 0.6 is 0 Å². The zero-order valence-electron chi connectivity index (χ0n) is 10.3. The van der Waals surface area contributed by atoms with Crippen LogP contribution in [0.15, 0.2) is 30.6 Å². The Bertz CT molecular complexity index is 737. The van der Waals surface area contributed by atoms with Crippen molar-refractivity contribution in [3.8, 4) is 11.4 Å². The molecule has 4 nitrogen and oxygen atoms in total. The number of nitrogens with one attached hydrogen (secondary N) is 1. The van der Waals surface area contributed by atoms with Crippen molar-refractivity contribution in [3.63, 3.8) is 0 Å². The lowest BCUT2D eigenvalue weighted by Gasteiger charge is -1.93. The van der Waals surface area contributed by atoms with Crippen molar-refractivity contribution in [1.82, 2.24) is 14.4 Å². The van der Waals surface area contributed by atoms with Crippen LogP contribution in [0.1, 0.15) is 21.6 Å². The molecule has 3 aromatic heterocycles. The third kappa shape index (κ3) is 1.54. The predicted molar refractivity (Wildman–Crippen MR) is 69.8 cm³/mol. The smallest absolute Gasteiger partial charge is 0.153 e. The van der Waals surface area contributed by atoms with Crippen molar-refractivity contribution in [2.24, 2.45) is 0 Å². The maximum Gasteiger partial charge on any atom is 0.153 e. The Morgan fingerprint density at radius 3 is 2.89 bits per heavy atom. The third-order valence-electron chi connectivity index (χ3n) is 3.05. The van der Waals surface area contributed by atoms with Crippen LogP contribution in [-0.2, 0) is 0 Å². The van der Waals surface area contributed by atoms with E-state index in [4.69, 9.17) is 0 Å². The van der Waals surface area contributed by atoms with Crippen molar-refractivity contribution in [1.29, 1.82) is 0 Å². The van der Waals surface area contributed by atoms with Crippen LogP contribution in [0.4, 0.5) is 0 Å². The highest BCUT2D eigenvalue weighted by atomic mass is 16.1. The molecule has 0 saturated heterocycles. The highest BCUT2D eigenvalue weighted by molar-refractivity contribution is 5.85. The number of imidazole rings is 1. The van der Waals surface area contributed by atoms with Gasteiger partial charge in [0.05, 0.1) is 11.3 Å². The second kappa shape index (κ2) is 3.84. The van der Waals surface area contributed by atoms with E-state index in [0.29, 0.717) is 11.2 Å². The van der Waals surface area contributed by atoms with E-state index in [9.17, 15) is 4.79 Å². The number of nitrogens with zero attached hydrogens (tertiary/aromatic N) is 2. The molecule has 0 amide bonds. The van der Waals surface area contributed by atoms with E-state index in [1.165, 1.54) is 0 Å². The van der Waals surface area contributed by atoms with Crippen molar-refractivity contribution >= 4 is 11.9 Å². The summed E-state index contributed by atoms with van der Waals surface area (Å²) in [4.78, 5) is 18.8. The van der Waals surface area contributed by atoms with Gasteiger partial charge in [-0.25, -0.2) is 4.98 Å².